The monoisotopic (exact) mass is 272 g/mol. The van der Waals surface area contributed by atoms with Crippen molar-refractivity contribution in [1.82, 2.24) is 10.6 Å². The molecule has 0 saturated heterocycles. The summed E-state index contributed by atoms with van der Waals surface area (Å²) in [4.78, 5) is 12.4. The number of hydrogen-bond acceptors (Lipinski definition) is 2. The molecule has 0 spiro atoms. The molecule has 1 unspecified atom stereocenters. The Morgan fingerprint density at radius 2 is 2.10 bits per heavy atom. The Bertz CT molecular complexity index is 482. The van der Waals surface area contributed by atoms with Crippen LogP contribution in [-0.4, -0.2) is 18.0 Å². The van der Waals surface area contributed by atoms with Gasteiger partial charge < -0.3 is 10.6 Å². The van der Waals surface area contributed by atoms with E-state index in [1.54, 1.807) is 0 Å². The Kier molecular flexibility index (Phi) is 4.06. The van der Waals surface area contributed by atoms with Crippen molar-refractivity contribution in [3.05, 3.63) is 35.4 Å². The van der Waals surface area contributed by atoms with E-state index in [-0.39, 0.29) is 11.9 Å². The van der Waals surface area contributed by atoms with Crippen LogP contribution in [0.1, 0.15) is 43.7 Å². The molecule has 0 aromatic heterocycles. The van der Waals surface area contributed by atoms with Crippen molar-refractivity contribution >= 4 is 5.91 Å². The van der Waals surface area contributed by atoms with Gasteiger partial charge in [-0.2, -0.15) is 0 Å². The van der Waals surface area contributed by atoms with E-state index in [1.807, 2.05) is 0 Å². The average molecular weight is 272 g/mol. The molecule has 1 aromatic carbocycles. The SMILES string of the molecule is CCC(CC1CC1)NC(=O)[C@H]1Cc2ccccc2CN1. The van der Waals surface area contributed by atoms with Crippen LogP contribution < -0.4 is 10.6 Å². The van der Waals surface area contributed by atoms with Crippen LogP contribution in [0.15, 0.2) is 24.3 Å². The van der Waals surface area contributed by atoms with Gasteiger partial charge in [-0.1, -0.05) is 44.0 Å². The molecule has 0 radical (unpaired) electrons. The van der Waals surface area contributed by atoms with Crippen molar-refractivity contribution in [2.24, 2.45) is 5.92 Å². The van der Waals surface area contributed by atoms with Crippen molar-refractivity contribution in [1.29, 1.82) is 0 Å². The highest BCUT2D eigenvalue weighted by Crippen LogP contribution is 2.34. The maximum Gasteiger partial charge on any atom is 0.237 e. The van der Waals surface area contributed by atoms with Crippen LogP contribution in [0, 0.1) is 5.92 Å². The number of amides is 1. The van der Waals surface area contributed by atoms with Crippen molar-refractivity contribution in [2.75, 3.05) is 0 Å². The smallest absolute Gasteiger partial charge is 0.237 e. The summed E-state index contributed by atoms with van der Waals surface area (Å²) in [6.45, 7) is 2.96. The molecule has 108 valence electrons. The number of nitrogens with one attached hydrogen (secondary N) is 2. The van der Waals surface area contributed by atoms with Crippen LogP contribution in [0.2, 0.25) is 0 Å². The standard InChI is InChI=1S/C17H24N2O/c1-2-15(9-12-7-8-12)19-17(20)16-10-13-5-3-4-6-14(13)11-18-16/h3-6,12,15-16,18H,2,7-11H2,1H3,(H,19,20)/t15?,16-/m1/s1. The fourth-order valence-electron chi connectivity index (χ4n) is 3.03. The summed E-state index contributed by atoms with van der Waals surface area (Å²) in [5.74, 6) is 1.03. The number of rotatable bonds is 5. The van der Waals surface area contributed by atoms with Gasteiger partial charge in [0.25, 0.3) is 0 Å². The Balaban J connectivity index is 1.57. The molecule has 20 heavy (non-hydrogen) atoms. The van der Waals surface area contributed by atoms with Crippen molar-refractivity contribution in [3.8, 4) is 0 Å². The number of fused-ring (bicyclic) bond motifs is 1. The molecule has 2 atom stereocenters. The highest BCUT2D eigenvalue weighted by Gasteiger charge is 2.28. The number of benzene rings is 1. The van der Waals surface area contributed by atoms with Gasteiger partial charge in [-0.05, 0) is 36.3 Å². The van der Waals surface area contributed by atoms with E-state index in [0.29, 0.717) is 6.04 Å². The number of carbonyl (C=O) groups is 1. The van der Waals surface area contributed by atoms with Crippen LogP contribution in [0.5, 0.6) is 0 Å². The first-order valence-electron chi connectivity index (χ1n) is 7.86. The van der Waals surface area contributed by atoms with Gasteiger partial charge in [-0.15, -0.1) is 0 Å². The molecular weight excluding hydrogens is 248 g/mol. The lowest BCUT2D eigenvalue weighted by atomic mass is 9.95. The molecule has 3 heteroatoms. The van der Waals surface area contributed by atoms with Crippen LogP contribution in [0.25, 0.3) is 0 Å². The van der Waals surface area contributed by atoms with Crippen LogP contribution in [0.4, 0.5) is 0 Å². The zero-order valence-electron chi connectivity index (χ0n) is 12.2. The van der Waals surface area contributed by atoms with Crippen molar-refractivity contribution < 1.29 is 4.79 Å². The summed E-state index contributed by atoms with van der Waals surface area (Å²) >= 11 is 0. The van der Waals surface area contributed by atoms with E-state index in [2.05, 4.69) is 41.8 Å². The minimum absolute atomic E-state index is 0.0712. The normalized spacial score (nSPS) is 22.9. The summed E-state index contributed by atoms with van der Waals surface area (Å²) in [7, 11) is 0. The van der Waals surface area contributed by atoms with Crippen molar-refractivity contribution in [2.45, 2.75) is 57.7 Å². The molecule has 1 heterocycles. The minimum atomic E-state index is -0.0712. The molecule has 1 amide bonds. The Morgan fingerprint density at radius 1 is 1.35 bits per heavy atom. The van der Waals surface area contributed by atoms with Gasteiger partial charge in [0.2, 0.25) is 5.91 Å². The lowest BCUT2D eigenvalue weighted by Crippen LogP contribution is -2.50. The fourth-order valence-corrected chi connectivity index (χ4v) is 3.03. The predicted octanol–water partition coefficient (Wildman–Crippen LogP) is 2.40. The molecule has 1 fully saturated rings. The summed E-state index contributed by atoms with van der Waals surface area (Å²) in [5.41, 5.74) is 2.63. The maximum absolute atomic E-state index is 12.4. The van der Waals surface area contributed by atoms with Gasteiger partial charge >= 0.3 is 0 Å². The van der Waals surface area contributed by atoms with Gasteiger partial charge in [0.05, 0.1) is 6.04 Å². The quantitative estimate of drug-likeness (QED) is 0.864. The first kappa shape index (κ1) is 13.6. The van der Waals surface area contributed by atoms with E-state index in [1.165, 1.54) is 24.0 Å². The van der Waals surface area contributed by atoms with Crippen LogP contribution in [0.3, 0.4) is 0 Å². The maximum atomic E-state index is 12.4. The molecular formula is C17H24N2O. The van der Waals surface area contributed by atoms with Gasteiger partial charge in [0.15, 0.2) is 0 Å². The highest BCUT2D eigenvalue weighted by molar-refractivity contribution is 5.82. The summed E-state index contributed by atoms with van der Waals surface area (Å²) < 4.78 is 0. The molecule has 3 nitrogen and oxygen atoms in total. The highest BCUT2D eigenvalue weighted by atomic mass is 16.2. The minimum Gasteiger partial charge on any atom is -0.352 e. The third-order valence-electron chi connectivity index (χ3n) is 4.55. The molecule has 1 aliphatic heterocycles. The largest absolute Gasteiger partial charge is 0.352 e. The first-order valence-corrected chi connectivity index (χ1v) is 7.86. The molecule has 2 aliphatic rings. The Labute approximate surface area is 121 Å². The lowest BCUT2D eigenvalue weighted by Gasteiger charge is -2.27. The fraction of sp³-hybridized carbons (Fsp3) is 0.588. The topological polar surface area (TPSA) is 41.1 Å². The van der Waals surface area contributed by atoms with Gasteiger partial charge in [-0.25, -0.2) is 0 Å². The van der Waals surface area contributed by atoms with Gasteiger partial charge in [0.1, 0.15) is 0 Å². The number of hydrogen-bond donors (Lipinski definition) is 2. The second-order valence-corrected chi connectivity index (χ2v) is 6.20. The molecule has 1 saturated carbocycles. The van der Waals surface area contributed by atoms with E-state index >= 15 is 0 Å². The molecule has 1 aliphatic carbocycles. The summed E-state index contributed by atoms with van der Waals surface area (Å²) in [6.07, 6.45) is 5.70. The van der Waals surface area contributed by atoms with Gasteiger partial charge in [0, 0.05) is 12.6 Å². The zero-order valence-corrected chi connectivity index (χ0v) is 12.2. The molecule has 2 N–H and O–H groups in total. The lowest BCUT2D eigenvalue weighted by molar-refractivity contribution is -0.124. The van der Waals surface area contributed by atoms with Crippen LogP contribution in [-0.2, 0) is 17.8 Å². The van der Waals surface area contributed by atoms with Crippen LogP contribution >= 0.6 is 0 Å². The molecule has 3 rings (SSSR count). The van der Waals surface area contributed by atoms with E-state index < -0.39 is 0 Å². The Hall–Kier alpha value is -1.35. The van der Waals surface area contributed by atoms with E-state index in [0.717, 1.165) is 31.7 Å². The zero-order chi connectivity index (χ0) is 13.9. The second-order valence-electron chi connectivity index (χ2n) is 6.20. The Morgan fingerprint density at radius 3 is 2.80 bits per heavy atom. The van der Waals surface area contributed by atoms with Crippen molar-refractivity contribution in [3.63, 3.8) is 0 Å². The molecule has 0 bridgehead atoms. The third-order valence-corrected chi connectivity index (χ3v) is 4.55. The van der Waals surface area contributed by atoms with E-state index in [9.17, 15) is 4.79 Å². The first-order chi connectivity index (χ1) is 9.76. The predicted molar refractivity (Wildman–Crippen MR) is 80.3 cm³/mol. The third kappa shape index (κ3) is 3.21. The number of carbonyl (C=O) groups excluding carboxylic acids is 1. The summed E-state index contributed by atoms with van der Waals surface area (Å²) in [6, 6.07) is 8.67. The second kappa shape index (κ2) is 5.96. The van der Waals surface area contributed by atoms with Gasteiger partial charge in [-0.3, -0.25) is 4.79 Å². The average Bonchev–Trinajstić information content (AvgIpc) is 3.30. The summed E-state index contributed by atoms with van der Waals surface area (Å²) in [5, 5.41) is 6.60. The molecule has 1 aromatic rings. The van der Waals surface area contributed by atoms with E-state index in [4.69, 9.17) is 0 Å².